The number of rotatable bonds is 2. The Morgan fingerprint density at radius 3 is 2.52 bits per heavy atom. The van der Waals surface area contributed by atoms with Crippen LogP contribution in [-0.4, -0.2) is 9.55 Å². The molecule has 0 spiro atoms. The van der Waals surface area contributed by atoms with E-state index >= 15 is 0 Å². The van der Waals surface area contributed by atoms with E-state index < -0.39 is 0 Å². The van der Waals surface area contributed by atoms with Gasteiger partial charge in [0.2, 0.25) is 5.43 Å². The SMILES string of the molecule is CCn1c(C)c(-c2nc(C)cs2)c(=O)c2c(C)c(C)sc21. The quantitative estimate of drug-likeness (QED) is 0.700. The maximum Gasteiger partial charge on any atom is 0.201 e. The summed E-state index contributed by atoms with van der Waals surface area (Å²) in [6, 6.07) is 0. The Balaban J connectivity index is 2.51. The van der Waals surface area contributed by atoms with Gasteiger partial charge >= 0.3 is 0 Å². The summed E-state index contributed by atoms with van der Waals surface area (Å²) < 4.78 is 2.24. The largest absolute Gasteiger partial charge is 0.336 e. The van der Waals surface area contributed by atoms with E-state index in [1.54, 1.807) is 22.7 Å². The van der Waals surface area contributed by atoms with Gasteiger partial charge in [0.1, 0.15) is 9.84 Å². The Labute approximate surface area is 131 Å². The minimum Gasteiger partial charge on any atom is -0.336 e. The molecule has 3 nitrogen and oxygen atoms in total. The highest BCUT2D eigenvalue weighted by atomic mass is 32.1. The van der Waals surface area contributed by atoms with Crippen molar-refractivity contribution in [2.45, 2.75) is 41.2 Å². The van der Waals surface area contributed by atoms with Gasteiger partial charge in [-0.1, -0.05) is 0 Å². The van der Waals surface area contributed by atoms with E-state index in [-0.39, 0.29) is 5.43 Å². The number of pyridine rings is 1. The second kappa shape index (κ2) is 5.07. The Morgan fingerprint density at radius 2 is 1.95 bits per heavy atom. The summed E-state index contributed by atoms with van der Waals surface area (Å²) in [5, 5.41) is 3.70. The Morgan fingerprint density at radius 1 is 1.24 bits per heavy atom. The number of fused-ring (bicyclic) bond motifs is 1. The maximum absolute atomic E-state index is 13.0. The second-order valence-corrected chi connectivity index (χ2v) is 7.35. The van der Waals surface area contributed by atoms with Crippen molar-refractivity contribution < 1.29 is 0 Å². The molecule has 3 heterocycles. The third-order valence-corrected chi connectivity index (χ3v) is 6.19. The number of aryl methyl sites for hydroxylation is 4. The predicted octanol–water partition coefficient (Wildman–Crippen LogP) is 4.44. The topological polar surface area (TPSA) is 34.9 Å². The van der Waals surface area contributed by atoms with Crippen LogP contribution in [0.15, 0.2) is 10.2 Å². The molecule has 0 aromatic carbocycles. The molecule has 0 atom stereocenters. The van der Waals surface area contributed by atoms with Crippen molar-refractivity contribution in [1.82, 2.24) is 9.55 Å². The summed E-state index contributed by atoms with van der Waals surface area (Å²) in [4.78, 5) is 19.9. The van der Waals surface area contributed by atoms with E-state index in [1.165, 1.54) is 4.88 Å². The third kappa shape index (κ3) is 2.07. The summed E-state index contributed by atoms with van der Waals surface area (Å²) in [5.74, 6) is 0. The van der Waals surface area contributed by atoms with Crippen LogP contribution in [0.4, 0.5) is 0 Å². The maximum atomic E-state index is 13.0. The highest BCUT2D eigenvalue weighted by Crippen LogP contribution is 2.33. The Bertz CT molecular complexity index is 899. The van der Waals surface area contributed by atoms with Crippen molar-refractivity contribution >= 4 is 32.9 Å². The van der Waals surface area contributed by atoms with E-state index in [2.05, 4.69) is 23.4 Å². The molecular formula is C16H18N2OS2. The summed E-state index contributed by atoms with van der Waals surface area (Å²) in [6.07, 6.45) is 0. The van der Waals surface area contributed by atoms with Crippen LogP contribution in [0.3, 0.4) is 0 Å². The standard InChI is InChI=1S/C16H18N2OS2/c1-6-18-10(4)13(15-17-8(2)7-20-15)14(19)12-9(3)11(5)21-16(12)18/h7H,6H2,1-5H3. The van der Waals surface area contributed by atoms with E-state index in [9.17, 15) is 4.79 Å². The fourth-order valence-electron chi connectivity index (χ4n) is 2.74. The average molecular weight is 318 g/mol. The van der Waals surface area contributed by atoms with Crippen LogP contribution in [-0.2, 0) is 6.54 Å². The molecule has 0 amide bonds. The Hall–Kier alpha value is -1.46. The molecule has 0 aliphatic carbocycles. The molecular weight excluding hydrogens is 300 g/mol. The van der Waals surface area contributed by atoms with Crippen molar-refractivity contribution in [3.8, 4) is 10.6 Å². The lowest BCUT2D eigenvalue weighted by molar-refractivity contribution is 0.765. The van der Waals surface area contributed by atoms with Crippen LogP contribution in [0.1, 0.15) is 28.8 Å². The average Bonchev–Trinajstić information content (AvgIpc) is 2.96. The van der Waals surface area contributed by atoms with Gasteiger partial charge in [0.15, 0.2) is 0 Å². The first-order valence-corrected chi connectivity index (χ1v) is 8.70. The van der Waals surface area contributed by atoms with Gasteiger partial charge in [-0.15, -0.1) is 22.7 Å². The van der Waals surface area contributed by atoms with E-state index in [4.69, 9.17) is 0 Å². The normalized spacial score (nSPS) is 11.5. The van der Waals surface area contributed by atoms with Crippen molar-refractivity contribution in [1.29, 1.82) is 0 Å². The molecule has 0 saturated heterocycles. The number of hydrogen-bond donors (Lipinski definition) is 0. The molecule has 3 aromatic heterocycles. The molecule has 0 unspecified atom stereocenters. The molecule has 0 fully saturated rings. The number of aromatic nitrogens is 2. The van der Waals surface area contributed by atoms with Gasteiger partial charge < -0.3 is 4.57 Å². The van der Waals surface area contributed by atoms with Crippen LogP contribution in [0.5, 0.6) is 0 Å². The minimum absolute atomic E-state index is 0.128. The molecule has 5 heteroatoms. The Kier molecular flexibility index (Phi) is 3.50. The highest BCUT2D eigenvalue weighted by Gasteiger charge is 2.20. The van der Waals surface area contributed by atoms with E-state index in [1.807, 2.05) is 26.2 Å². The van der Waals surface area contributed by atoms with Gasteiger partial charge in [-0.2, -0.15) is 0 Å². The van der Waals surface area contributed by atoms with Crippen molar-refractivity contribution in [2.24, 2.45) is 0 Å². The summed E-state index contributed by atoms with van der Waals surface area (Å²) in [5.41, 5.74) is 3.99. The monoisotopic (exact) mass is 318 g/mol. The molecule has 3 aromatic rings. The van der Waals surface area contributed by atoms with Gasteiger partial charge in [0.05, 0.1) is 10.9 Å². The second-order valence-electron chi connectivity index (χ2n) is 5.29. The lowest BCUT2D eigenvalue weighted by atomic mass is 10.1. The first-order chi connectivity index (χ1) is 9.95. The molecule has 0 saturated carbocycles. The lowest BCUT2D eigenvalue weighted by Crippen LogP contribution is -2.15. The van der Waals surface area contributed by atoms with Crippen LogP contribution < -0.4 is 5.43 Å². The number of hydrogen-bond acceptors (Lipinski definition) is 4. The molecule has 0 bridgehead atoms. The van der Waals surface area contributed by atoms with Crippen LogP contribution in [0.25, 0.3) is 20.8 Å². The summed E-state index contributed by atoms with van der Waals surface area (Å²) in [7, 11) is 0. The van der Waals surface area contributed by atoms with Crippen LogP contribution in [0, 0.1) is 27.7 Å². The van der Waals surface area contributed by atoms with Gasteiger partial charge in [-0.3, -0.25) is 4.79 Å². The first-order valence-electron chi connectivity index (χ1n) is 7.01. The molecule has 0 aliphatic rings. The smallest absolute Gasteiger partial charge is 0.201 e. The molecule has 110 valence electrons. The van der Waals surface area contributed by atoms with Gasteiger partial charge in [0.25, 0.3) is 0 Å². The predicted molar refractivity (Wildman–Crippen MR) is 91.8 cm³/mol. The van der Waals surface area contributed by atoms with Gasteiger partial charge in [0, 0.05) is 28.2 Å². The molecule has 3 rings (SSSR count). The van der Waals surface area contributed by atoms with Crippen LogP contribution >= 0.6 is 22.7 Å². The highest BCUT2D eigenvalue weighted by molar-refractivity contribution is 7.18. The lowest BCUT2D eigenvalue weighted by Gasteiger charge is -2.13. The minimum atomic E-state index is 0.128. The zero-order valence-corrected chi connectivity index (χ0v) is 14.5. The number of thiazole rings is 1. The zero-order chi connectivity index (χ0) is 15.3. The van der Waals surface area contributed by atoms with Crippen LogP contribution in [0.2, 0.25) is 0 Å². The van der Waals surface area contributed by atoms with Crippen molar-refractivity contribution in [3.63, 3.8) is 0 Å². The van der Waals surface area contributed by atoms with Crippen molar-refractivity contribution in [3.05, 3.63) is 37.4 Å². The molecule has 21 heavy (non-hydrogen) atoms. The van der Waals surface area contributed by atoms with E-state index in [0.717, 1.165) is 44.3 Å². The first kappa shape index (κ1) is 14.5. The molecule has 0 N–H and O–H groups in total. The molecule has 0 radical (unpaired) electrons. The van der Waals surface area contributed by atoms with Crippen molar-refractivity contribution in [2.75, 3.05) is 0 Å². The third-order valence-electron chi connectivity index (χ3n) is 3.98. The number of nitrogens with zero attached hydrogens (tertiary/aromatic N) is 2. The summed E-state index contributed by atoms with van der Waals surface area (Å²) in [6.45, 7) is 11.1. The number of thiophene rings is 1. The molecule has 0 aliphatic heterocycles. The van der Waals surface area contributed by atoms with E-state index in [0.29, 0.717) is 0 Å². The van der Waals surface area contributed by atoms with Gasteiger partial charge in [-0.25, -0.2) is 4.98 Å². The zero-order valence-electron chi connectivity index (χ0n) is 12.9. The van der Waals surface area contributed by atoms with Gasteiger partial charge in [-0.05, 0) is 40.2 Å². The summed E-state index contributed by atoms with van der Waals surface area (Å²) >= 11 is 3.26. The fourth-order valence-corrected chi connectivity index (χ4v) is 4.90. The fraction of sp³-hybridized carbons (Fsp3) is 0.375.